The van der Waals surface area contributed by atoms with E-state index in [0.717, 1.165) is 4.90 Å². The number of allylic oxidation sites excluding steroid dienone is 2. The minimum absolute atomic E-state index is 0.120. The molecule has 4 amide bonds. The van der Waals surface area contributed by atoms with Gasteiger partial charge in [-0.05, 0) is 12.3 Å². The maximum Gasteiger partial charge on any atom is 0.262 e. The van der Waals surface area contributed by atoms with Gasteiger partial charge in [0, 0.05) is 11.8 Å². The first-order chi connectivity index (χ1) is 12.2. The molecule has 1 saturated heterocycles. The zero-order chi connectivity index (χ0) is 19.6. The highest BCUT2D eigenvalue weighted by Crippen LogP contribution is 2.37. The van der Waals surface area contributed by atoms with Crippen LogP contribution in [0.4, 0.5) is 0 Å². The van der Waals surface area contributed by atoms with Gasteiger partial charge in [0.25, 0.3) is 11.8 Å². The third-order valence-corrected chi connectivity index (χ3v) is 5.17. The summed E-state index contributed by atoms with van der Waals surface area (Å²) in [6, 6.07) is -0.923. The van der Waals surface area contributed by atoms with Crippen LogP contribution in [0.1, 0.15) is 47.5 Å². The van der Waals surface area contributed by atoms with Crippen molar-refractivity contribution >= 4 is 23.6 Å². The summed E-state index contributed by atoms with van der Waals surface area (Å²) in [5, 5.41) is 2.19. The molecular weight excluding hydrogens is 332 g/mol. The second-order valence-electron chi connectivity index (χ2n) is 6.96. The SMILES string of the molecule is CC.CC(C)C1(C)C=CC2=C(C=C1)C(=O)N(C1CCC(=O)NC1=O)C2=O. The van der Waals surface area contributed by atoms with Crippen LogP contribution < -0.4 is 5.32 Å². The van der Waals surface area contributed by atoms with Gasteiger partial charge in [-0.1, -0.05) is 58.9 Å². The highest BCUT2D eigenvalue weighted by molar-refractivity contribution is 6.24. The second kappa shape index (κ2) is 7.40. The fourth-order valence-electron chi connectivity index (χ4n) is 3.08. The number of imide groups is 2. The van der Waals surface area contributed by atoms with Gasteiger partial charge in [0.05, 0.1) is 11.1 Å². The average molecular weight is 358 g/mol. The molecule has 0 saturated carbocycles. The van der Waals surface area contributed by atoms with Crippen LogP contribution in [-0.4, -0.2) is 34.6 Å². The number of rotatable bonds is 2. The summed E-state index contributed by atoms with van der Waals surface area (Å²) >= 11 is 0. The number of nitrogens with one attached hydrogen (secondary N) is 1. The van der Waals surface area contributed by atoms with Crippen LogP contribution in [0.15, 0.2) is 35.5 Å². The number of hydrogen-bond donors (Lipinski definition) is 1. The molecule has 3 rings (SSSR count). The highest BCUT2D eigenvalue weighted by Gasteiger charge is 2.45. The van der Waals surface area contributed by atoms with E-state index in [1.807, 2.05) is 32.9 Å². The Bertz CT molecular complexity index is 707. The number of piperidine rings is 1. The molecule has 0 spiro atoms. The van der Waals surface area contributed by atoms with E-state index >= 15 is 0 Å². The first kappa shape index (κ1) is 19.8. The monoisotopic (exact) mass is 358 g/mol. The number of hydrogen-bond acceptors (Lipinski definition) is 4. The normalized spacial score (nSPS) is 24.4. The lowest BCUT2D eigenvalue weighted by Crippen LogP contribution is -2.54. The van der Waals surface area contributed by atoms with Crippen molar-refractivity contribution in [2.45, 2.75) is 53.5 Å². The van der Waals surface area contributed by atoms with Gasteiger partial charge in [-0.3, -0.25) is 29.4 Å². The first-order valence-electron chi connectivity index (χ1n) is 9.09. The Morgan fingerprint density at radius 3 is 1.96 bits per heavy atom. The minimum Gasteiger partial charge on any atom is -0.295 e. The Hall–Kier alpha value is -2.50. The Morgan fingerprint density at radius 1 is 1.04 bits per heavy atom. The first-order valence-corrected chi connectivity index (χ1v) is 9.09. The molecule has 3 aliphatic rings. The van der Waals surface area contributed by atoms with E-state index in [1.54, 1.807) is 12.2 Å². The molecule has 1 fully saturated rings. The van der Waals surface area contributed by atoms with E-state index in [2.05, 4.69) is 19.2 Å². The van der Waals surface area contributed by atoms with Crippen LogP contribution in [0, 0.1) is 11.3 Å². The van der Waals surface area contributed by atoms with Gasteiger partial charge >= 0.3 is 0 Å². The molecule has 0 aromatic rings. The molecule has 2 heterocycles. The van der Waals surface area contributed by atoms with Gasteiger partial charge < -0.3 is 0 Å². The lowest BCUT2D eigenvalue weighted by molar-refractivity contribution is -0.149. The lowest BCUT2D eigenvalue weighted by atomic mass is 9.78. The predicted octanol–water partition coefficient (Wildman–Crippen LogP) is 2.27. The van der Waals surface area contributed by atoms with E-state index in [1.165, 1.54) is 0 Å². The van der Waals surface area contributed by atoms with Crippen molar-refractivity contribution in [2.75, 3.05) is 0 Å². The summed E-state index contributed by atoms with van der Waals surface area (Å²) in [6.45, 7) is 10.2. The van der Waals surface area contributed by atoms with Gasteiger partial charge in [-0.15, -0.1) is 0 Å². The summed E-state index contributed by atoms with van der Waals surface area (Å²) in [5.41, 5.74) is 0.375. The fourth-order valence-corrected chi connectivity index (χ4v) is 3.08. The van der Waals surface area contributed by atoms with Crippen molar-refractivity contribution in [3.63, 3.8) is 0 Å². The van der Waals surface area contributed by atoms with E-state index in [-0.39, 0.29) is 24.2 Å². The molecule has 0 radical (unpaired) electrons. The molecule has 2 aliphatic heterocycles. The Labute approximate surface area is 154 Å². The molecule has 1 atom stereocenters. The third kappa shape index (κ3) is 3.28. The van der Waals surface area contributed by atoms with E-state index in [0.29, 0.717) is 17.1 Å². The van der Waals surface area contributed by atoms with Crippen molar-refractivity contribution < 1.29 is 19.2 Å². The van der Waals surface area contributed by atoms with Crippen molar-refractivity contribution in [1.82, 2.24) is 10.2 Å². The van der Waals surface area contributed by atoms with Gasteiger partial charge in [-0.2, -0.15) is 0 Å². The van der Waals surface area contributed by atoms with Crippen molar-refractivity contribution in [2.24, 2.45) is 11.3 Å². The quantitative estimate of drug-likeness (QED) is 0.768. The molecule has 140 valence electrons. The maximum absolute atomic E-state index is 12.7. The molecule has 1 N–H and O–H groups in total. The Kier molecular flexibility index (Phi) is 5.64. The molecule has 0 aromatic heterocycles. The molecule has 26 heavy (non-hydrogen) atoms. The Balaban J connectivity index is 0.00000117. The molecule has 1 unspecified atom stereocenters. The zero-order valence-corrected chi connectivity index (χ0v) is 16.0. The number of amides is 4. The van der Waals surface area contributed by atoms with Crippen molar-refractivity contribution in [3.05, 3.63) is 35.5 Å². The summed E-state index contributed by atoms with van der Waals surface area (Å²) in [4.78, 5) is 49.7. The molecule has 0 bridgehead atoms. The van der Waals surface area contributed by atoms with E-state index < -0.39 is 23.8 Å². The lowest BCUT2D eigenvalue weighted by Gasteiger charge is -2.29. The van der Waals surface area contributed by atoms with Crippen molar-refractivity contribution in [3.8, 4) is 0 Å². The predicted molar refractivity (Wildman–Crippen MR) is 97.6 cm³/mol. The van der Waals surface area contributed by atoms with E-state index in [4.69, 9.17) is 0 Å². The maximum atomic E-state index is 12.7. The number of carbonyl (C=O) groups excluding carboxylic acids is 4. The van der Waals surface area contributed by atoms with Crippen LogP contribution >= 0.6 is 0 Å². The summed E-state index contributed by atoms with van der Waals surface area (Å²) in [7, 11) is 0. The smallest absolute Gasteiger partial charge is 0.262 e. The molecule has 0 aromatic carbocycles. The van der Waals surface area contributed by atoms with Crippen molar-refractivity contribution in [1.29, 1.82) is 0 Å². The van der Waals surface area contributed by atoms with Crippen LogP contribution in [0.25, 0.3) is 0 Å². The van der Waals surface area contributed by atoms with Crippen LogP contribution in [0.2, 0.25) is 0 Å². The minimum atomic E-state index is -0.923. The molecule has 1 aliphatic carbocycles. The average Bonchev–Trinajstić information content (AvgIpc) is 2.74. The standard InChI is InChI=1S/C18H20N2O4.C2H6/c1-10(2)18(3)8-6-11-12(7-9-18)17(24)20(16(11)23)13-4-5-14(21)19-15(13)22;1-2/h6-10,13H,4-5H2,1-3H3,(H,19,21,22);1-2H3. The Morgan fingerprint density at radius 2 is 1.54 bits per heavy atom. The second-order valence-corrected chi connectivity index (χ2v) is 6.96. The van der Waals surface area contributed by atoms with Crippen LogP contribution in [0.3, 0.4) is 0 Å². The zero-order valence-electron chi connectivity index (χ0n) is 16.0. The van der Waals surface area contributed by atoms with Gasteiger partial charge in [0.2, 0.25) is 11.8 Å². The molecule has 6 heteroatoms. The fraction of sp³-hybridized carbons (Fsp3) is 0.500. The van der Waals surface area contributed by atoms with Gasteiger partial charge in [-0.25, -0.2) is 0 Å². The van der Waals surface area contributed by atoms with Crippen LogP contribution in [0.5, 0.6) is 0 Å². The number of carbonyl (C=O) groups is 4. The molecule has 6 nitrogen and oxygen atoms in total. The summed E-state index contributed by atoms with van der Waals surface area (Å²) in [6.07, 6.45) is 7.50. The van der Waals surface area contributed by atoms with Gasteiger partial charge in [0.1, 0.15) is 6.04 Å². The van der Waals surface area contributed by atoms with Crippen LogP contribution in [-0.2, 0) is 19.2 Å². The van der Waals surface area contributed by atoms with E-state index in [9.17, 15) is 19.2 Å². The number of nitrogens with zero attached hydrogens (tertiary/aromatic N) is 1. The van der Waals surface area contributed by atoms with Gasteiger partial charge in [0.15, 0.2) is 0 Å². The third-order valence-electron chi connectivity index (χ3n) is 5.17. The summed E-state index contributed by atoms with van der Waals surface area (Å²) < 4.78 is 0. The topological polar surface area (TPSA) is 83.6 Å². The molecular formula is C20H26N2O4. The largest absolute Gasteiger partial charge is 0.295 e. The summed E-state index contributed by atoms with van der Waals surface area (Å²) in [5.74, 6) is -1.61. The highest BCUT2D eigenvalue weighted by atomic mass is 16.2.